The second kappa shape index (κ2) is 5.74. The van der Waals surface area contributed by atoms with Crippen molar-refractivity contribution in [3.8, 4) is 11.1 Å². The van der Waals surface area contributed by atoms with Crippen molar-refractivity contribution < 1.29 is 31.5 Å². The zero-order valence-electron chi connectivity index (χ0n) is 11.1. The minimum atomic E-state index is -4.77. The van der Waals surface area contributed by atoms with E-state index in [2.05, 4.69) is 9.84 Å². The highest BCUT2D eigenvalue weighted by Crippen LogP contribution is 2.38. The molecule has 1 aromatic heterocycles. The average molecular weight is 320 g/mol. The first-order valence-corrected chi connectivity index (χ1v) is 5.86. The van der Waals surface area contributed by atoms with Crippen LogP contribution in [0, 0.1) is 0 Å². The molecule has 2 rings (SSSR count). The molecule has 0 radical (unpaired) electrons. The smallest absolute Gasteiger partial charge is 0.417 e. The Kier molecular flexibility index (Phi) is 4.16. The number of carbonyl (C=O) groups excluding carboxylic acids is 1. The summed E-state index contributed by atoms with van der Waals surface area (Å²) in [5.74, 6) is -0.930. The molecular weight excluding hydrogens is 311 g/mol. The van der Waals surface area contributed by atoms with Gasteiger partial charge in [0.2, 0.25) is 0 Å². The van der Waals surface area contributed by atoms with Crippen molar-refractivity contribution in [2.24, 2.45) is 0 Å². The average Bonchev–Trinajstić information content (AvgIpc) is 2.94. The summed E-state index contributed by atoms with van der Waals surface area (Å²) in [5, 5.41) is 3.30. The molecule has 0 saturated carbocycles. The van der Waals surface area contributed by atoms with Crippen LogP contribution in [0.2, 0.25) is 0 Å². The molecule has 0 atom stereocenters. The number of esters is 1. The second-order valence-electron chi connectivity index (χ2n) is 4.24. The van der Waals surface area contributed by atoms with Gasteiger partial charge in [0.25, 0.3) is 0 Å². The number of rotatable bonds is 3. The molecule has 0 aliphatic rings. The van der Waals surface area contributed by atoms with E-state index in [0.29, 0.717) is 6.07 Å². The summed E-state index contributed by atoms with van der Waals surface area (Å²) >= 11 is 0. The Balaban J connectivity index is 2.57. The Bertz CT molecular complexity index is 694. The lowest BCUT2D eigenvalue weighted by molar-refractivity contribution is -0.137. The molecule has 0 N–H and O–H groups in total. The molecule has 2 aromatic rings. The van der Waals surface area contributed by atoms with Gasteiger partial charge in [0.1, 0.15) is 0 Å². The van der Waals surface area contributed by atoms with E-state index in [9.17, 15) is 26.7 Å². The predicted octanol–water partition coefficient (Wildman–Crippen LogP) is 3.75. The number of halogens is 5. The van der Waals surface area contributed by atoms with Gasteiger partial charge in [-0.2, -0.15) is 27.1 Å². The number of ether oxygens (including phenoxy) is 1. The van der Waals surface area contributed by atoms with E-state index in [-0.39, 0.29) is 21.4 Å². The van der Waals surface area contributed by atoms with Crippen LogP contribution < -0.4 is 0 Å². The highest BCUT2D eigenvalue weighted by atomic mass is 19.4. The van der Waals surface area contributed by atoms with Crippen LogP contribution in [0.15, 0.2) is 30.6 Å². The quantitative estimate of drug-likeness (QED) is 0.639. The highest BCUT2D eigenvalue weighted by Gasteiger charge is 2.35. The first-order valence-electron chi connectivity index (χ1n) is 5.86. The number of hydrogen-bond donors (Lipinski definition) is 0. The second-order valence-corrected chi connectivity index (χ2v) is 4.24. The van der Waals surface area contributed by atoms with Crippen LogP contribution in [-0.4, -0.2) is 22.9 Å². The Labute approximate surface area is 121 Å². The molecule has 9 heteroatoms. The zero-order valence-corrected chi connectivity index (χ0v) is 11.1. The van der Waals surface area contributed by atoms with Crippen LogP contribution in [-0.2, 0) is 10.9 Å². The molecule has 4 nitrogen and oxygen atoms in total. The fraction of sp³-hybridized carbons (Fsp3) is 0.231. The van der Waals surface area contributed by atoms with Gasteiger partial charge in [-0.3, -0.25) is 0 Å². The van der Waals surface area contributed by atoms with Crippen molar-refractivity contribution in [1.29, 1.82) is 0 Å². The van der Waals surface area contributed by atoms with Gasteiger partial charge in [-0.1, -0.05) is 6.07 Å². The van der Waals surface area contributed by atoms with E-state index >= 15 is 0 Å². The van der Waals surface area contributed by atoms with Crippen molar-refractivity contribution in [3.05, 3.63) is 41.7 Å². The summed E-state index contributed by atoms with van der Waals surface area (Å²) in [6.45, 7) is -2.96. The van der Waals surface area contributed by atoms with Gasteiger partial charge in [-0.05, 0) is 17.7 Å². The summed E-state index contributed by atoms with van der Waals surface area (Å²) in [6.07, 6.45) is -3.08. The maximum atomic E-state index is 13.1. The van der Waals surface area contributed by atoms with Crippen LogP contribution in [0.4, 0.5) is 22.0 Å². The van der Waals surface area contributed by atoms with Crippen LogP contribution in [0.3, 0.4) is 0 Å². The van der Waals surface area contributed by atoms with Crippen LogP contribution >= 0.6 is 0 Å². The Morgan fingerprint density at radius 2 is 2.00 bits per heavy atom. The van der Waals surface area contributed by atoms with E-state index in [4.69, 9.17) is 0 Å². The normalized spacial score (nSPS) is 11.8. The number of alkyl halides is 5. The number of hydrogen-bond acceptors (Lipinski definition) is 3. The molecule has 0 amide bonds. The summed E-state index contributed by atoms with van der Waals surface area (Å²) in [6, 6.07) is 2.75. The minimum Gasteiger partial charge on any atom is -0.465 e. The summed E-state index contributed by atoms with van der Waals surface area (Å²) in [7, 11) is 1.04. The number of methoxy groups -OCH3 is 1. The molecule has 0 bridgehead atoms. The highest BCUT2D eigenvalue weighted by molar-refractivity contribution is 5.90. The molecule has 0 aliphatic carbocycles. The van der Waals surface area contributed by atoms with E-state index in [1.54, 1.807) is 0 Å². The third-order valence-electron chi connectivity index (χ3n) is 2.86. The topological polar surface area (TPSA) is 44.1 Å². The van der Waals surface area contributed by atoms with Crippen LogP contribution in [0.1, 0.15) is 22.5 Å². The largest absolute Gasteiger partial charge is 0.465 e. The summed E-state index contributed by atoms with van der Waals surface area (Å²) in [4.78, 5) is 11.3. The summed E-state index contributed by atoms with van der Waals surface area (Å²) < 4.78 is 68.9. The third kappa shape index (κ3) is 3.07. The van der Waals surface area contributed by atoms with Crippen molar-refractivity contribution in [1.82, 2.24) is 9.78 Å². The molecule has 0 spiro atoms. The molecule has 0 aliphatic heterocycles. The maximum Gasteiger partial charge on any atom is 0.417 e. The SMILES string of the molecule is COC(=O)c1ccc(-c2cnn(C(F)F)c2)c(C(F)(F)F)c1. The van der Waals surface area contributed by atoms with Gasteiger partial charge in [0.15, 0.2) is 0 Å². The molecule has 22 heavy (non-hydrogen) atoms. The molecule has 0 unspecified atom stereocenters. The molecular formula is C13H9F5N2O2. The lowest BCUT2D eigenvalue weighted by Gasteiger charge is -2.13. The van der Waals surface area contributed by atoms with Gasteiger partial charge < -0.3 is 4.74 Å². The number of aromatic nitrogens is 2. The van der Waals surface area contributed by atoms with Gasteiger partial charge >= 0.3 is 18.7 Å². The maximum absolute atomic E-state index is 13.1. The van der Waals surface area contributed by atoms with Gasteiger partial charge in [-0.25, -0.2) is 9.48 Å². The number of benzene rings is 1. The Morgan fingerprint density at radius 1 is 1.32 bits per heavy atom. The molecule has 1 aromatic carbocycles. The number of carbonyl (C=O) groups is 1. The van der Waals surface area contributed by atoms with E-state index in [1.807, 2.05) is 0 Å². The van der Waals surface area contributed by atoms with Gasteiger partial charge in [0, 0.05) is 11.8 Å². The van der Waals surface area contributed by atoms with Crippen molar-refractivity contribution >= 4 is 5.97 Å². The van der Waals surface area contributed by atoms with E-state index in [1.165, 1.54) is 0 Å². The van der Waals surface area contributed by atoms with Crippen molar-refractivity contribution in [2.75, 3.05) is 7.11 Å². The zero-order chi connectivity index (χ0) is 16.5. The minimum absolute atomic E-state index is 0.135. The predicted molar refractivity (Wildman–Crippen MR) is 65.3 cm³/mol. The molecule has 118 valence electrons. The van der Waals surface area contributed by atoms with E-state index in [0.717, 1.165) is 31.6 Å². The van der Waals surface area contributed by atoms with Crippen molar-refractivity contribution in [2.45, 2.75) is 12.7 Å². The lowest BCUT2D eigenvalue weighted by Crippen LogP contribution is -2.10. The Morgan fingerprint density at radius 3 is 2.50 bits per heavy atom. The Hall–Kier alpha value is -2.45. The van der Waals surface area contributed by atoms with E-state index < -0.39 is 24.3 Å². The lowest BCUT2D eigenvalue weighted by atomic mass is 9.99. The first-order chi connectivity index (χ1) is 10.2. The monoisotopic (exact) mass is 320 g/mol. The van der Waals surface area contributed by atoms with Gasteiger partial charge in [0.05, 0.1) is 24.4 Å². The molecule has 0 fully saturated rings. The van der Waals surface area contributed by atoms with Gasteiger partial charge in [-0.15, -0.1) is 0 Å². The number of nitrogens with zero attached hydrogens (tertiary/aromatic N) is 2. The fourth-order valence-electron chi connectivity index (χ4n) is 1.86. The fourth-order valence-corrected chi connectivity index (χ4v) is 1.86. The van der Waals surface area contributed by atoms with Crippen molar-refractivity contribution in [3.63, 3.8) is 0 Å². The molecule has 1 heterocycles. The van der Waals surface area contributed by atoms with Crippen LogP contribution in [0.25, 0.3) is 11.1 Å². The summed E-state index contributed by atoms with van der Waals surface area (Å²) in [5.41, 5.74) is -1.92. The van der Waals surface area contributed by atoms with Crippen LogP contribution in [0.5, 0.6) is 0 Å². The standard InChI is InChI=1S/C13H9F5N2O2/c1-22-11(21)7-2-3-9(10(4-7)13(16,17)18)8-5-19-20(6-8)12(14)15/h2-6,12H,1H3. The first kappa shape index (κ1) is 15.9. The molecule has 0 saturated heterocycles. The third-order valence-corrected chi connectivity index (χ3v) is 2.86.